The Hall–Kier alpha value is -0.790. The number of hydrogen-bond acceptors (Lipinski definition) is 3. The van der Waals surface area contributed by atoms with E-state index in [1.165, 1.54) is 25.7 Å². The van der Waals surface area contributed by atoms with Crippen molar-refractivity contribution in [2.24, 2.45) is 10.9 Å². The molecule has 1 saturated carbocycles. The van der Waals surface area contributed by atoms with Gasteiger partial charge in [0.15, 0.2) is 5.96 Å². The first-order valence-electron chi connectivity index (χ1n) is 8.88. The monoisotopic (exact) mass is 448 g/mol. The Balaban J connectivity index is 0.00000288. The molecule has 0 aromatic carbocycles. The van der Waals surface area contributed by atoms with E-state index in [1.807, 2.05) is 6.20 Å². The van der Waals surface area contributed by atoms with Gasteiger partial charge in [0.2, 0.25) is 5.89 Å². The molecule has 0 saturated heterocycles. The van der Waals surface area contributed by atoms with Gasteiger partial charge >= 0.3 is 0 Å². The van der Waals surface area contributed by atoms with Gasteiger partial charge in [-0.1, -0.05) is 27.7 Å². The molecule has 1 heterocycles. The van der Waals surface area contributed by atoms with Gasteiger partial charge in [-0.05, 0) is 38.5 Å². The molecule has 0 unspecified atom stereocenters. The van der Waals surface area contributed by atoms with Crippen molar-refractivity contribution in [2.75, 3.05) is 6.54 Å². The van der Waals surface area contributed by atoms with Gasteiger partial charge in [-0.25, -0.2) is 9.98 Å². The highest BCUT2D eigenvalue weighted by atomic mass is 127. The Kier molecular flexibility index (Phi) is 8.53. The number of nitrogens with zero attached hydrogens (tertiary/aromatic N) is 2. The third-order valence-corrected chi connectivity index (χ3v) is 4.37. The van der Waals surface area contributed by atoms with Crippen molar-refractivity contribution < 1.29 is 4.42 Å². The Morgan fingerprint density at radius 2 is 1.96 bits per heavy atom. The van der Waals surface area contributed by atoms with E-state index in [9.17, 15) is 0 Å². The summed E-state index contributed by atoms with van der Waals surface area (Å²) in [6.45, 7) is 12.1. The average molecular weight is 448 g/mol. The summed E-state index contributed by atoms with van der Waals surface area (Å²) in [6.07, 6.45) is 6.85. The highest BCUT2D eigenvalue weighted by Crippen LogP contribution is 2.24. The molecule has 5 nitrogen and oxygen atoms in total. The summed E-state index contributed by atoms with van der Waals surface area (Å²) in [5.41, 5.74) is -0.0174. The van der Waals surface area contributed by atoms with Crippen LogP contribution in [0.2, 0.25) is 0 Å². The van der Waals surface area contributed by atoms with E-state index in [4.69, 9.17) is 4.42 Å². The van der Waals surface area contributed by atoms with E-state index < -0.39 is 0 Å². The summed E-state index contributed by atoms with van der Waals surface area (Å²) in [6, 6.07) is 0.527. The van der Waals surface area contributed by atoms with Gasteiger partial charge in [0, 0.05) is 18.0 Å². The van der Waals surface area contributed by atoms with E-state index in [2.05, 4.69) is 55.2 Å². The average Bonchev–Trinajstić information content (AvgIpc) is 2.96. The predicted octanol–water partition coefficient (Wildman–Crippen LogP) is 4.22. The molecule has 0 bridgehead atoms. The van der Waals surface area contributed by atoms with Crippen LogP contribution < -0.4 is 10.6 Å². The first kappa shape index (κ1) is 21.3. The second-order valence-corrected chi connectivity index (χ2v) is 7.66. The van der Waals surface area contributed by atoms with Crippen molar-refractivity contribution in [1.82, 2.24) is 15.6 Å². The van der Waals surface area contributed by atoms with Crippen LogP contribution in [0.15, 0.2) is 15.6 Å². The van der Waals surface area contributed by atoms with Crippen molar-refractivity contribution in [2.45, 2.75) is 78.3 Å². The molecule has 1 fully saturated rings. The number of aromatic nitrogens is 1. The summed E-state index contributed by atoms with van der Waals surface area (Å²) < 4.78 is 5.81. The molecule has 1 aromatic rings. The number of oxazole rings is 1. The zero-order valence-electron chi connectivity index (χ0n) is 15.7. The van der Waals surface area contributed by atoms with Gasteiger partial charge in [0.05, 0.1) is 6.20 Å². The van der Waals surface area contributed by atoms with Crippen LogP contribution in [-0.4, -0.2) is 23.5 Å². The maximum Gasteiger partial charge on any atom is 0.216 e. The van der Waals surface area contributed by atoms with Gasteiger partial charge in [0.1, 0.15) is 12.3 Å². The summed E-state index contributed by atoms with van der Waals surface area (Å²) in [4.78, 5) is 8.97. The molecule has 2 rings (SSSR count). The Morgan fingerprint density at radius 3 is 2.50 bits per heavy atom. The van der Waals surface area contributed by atoms with Crippen LogP contribution in [0.25, 0.3) is 0 Å². The summed E-state index contributed by atoms with van der Waals surface area (Å²) in [7, 11) is 0. The Labute approximate surface area is 163 Å². The molecule has 1 aliphatic rings. The Morgan fingerprint density at radius 1 is 1.29 bits per heavy atom. The fraction of sp³-hybridized carbons (Fsp3) is 0.778. The summed E-state index contributed by atoms with van der Waals surface area (Å²) in [5, 5.41) is 6.87. The smallest absolute Gasteiger partial charge is 0.216 e. The summed E-state index contributed by atoms with van der Waals surface area (Å²) in [5.74, 6) is 3.30. The van der Waals surface area contributed by atoms with Gasteiger partial charge in [-0.3, -0.25) is 0 Å². The lowest BCUT2D eigenvalue weighted by Crippen LogP contribution is -2.44. The van der Waals surface area contributed by atoms with Crippen LogP contribution >= 0.6 is 24.0 Å². The second kappa shape index (κ2) is 9.63. The van der Waals surface area contributed by atoms with Gasteiger partial charge in [-0.2, -0.15) is 0 Å². The molecule has 0 radical (unpaired) electrons. The molecule has 1 aliphatic carbocycles. The minimum absolute atomic E-state index is 0. The highest BCUT2D eigenvalue weighted by molar-refractivity contribution is 14.0. The zero-order valence-corrected chi connectivity index (χ0v) is 18.0. The number of guanidine groups is 1. The molecule has 0 aliphatic heterocycles. The minimum Gasteiger partial charge on any atom is -0.443 e. The first-order valence-corrected chi connectivity index (χ1v) is 8.88. The number of halogens is 1. The van der Waals surface area contributed by atoms with E-state index in [0.29, 0.717) is 18.5 Å². The zero-order chi connectivity index (χ0) is 16.9. The first-order chi connectivity index (χ1) is 10.9. The van der Waals surface area contributed by atoms with Crippen LogP contribution in [-0.2, 0) is 12.0 Å². The van der Waals surface area contributed by atoms with Crippen molar-refractivity contribution in [3.63, 3.8) is 0 Å². The fourth-order valence-corrected chi connectivity index (χ4v) is 2.79. The topological polar surface area (TPSA) is 62.5 Å². The maximum atomic E-state index is 5.81. The van der Waals surface area contributed by atoms with Crippen LogP contribution in [0.5, 0.6) is 0 Å². The molecule has 2 N–H and O–H groups in total. The number of rotatable bonds is 4. The van der Waals surface area contributed by atoms with E-state index >= 15 is 0 Å². The van der Waals surface area contributed by atoms with Crippen molar-refractivity contribution in [3.05, 3.63) is 17.8 Å². The van der Waals surface area contributed by atoms with Crippen LogP contribution in [0.1, 0.15) is 72.0 Å². The largest absolute Gasteiger partial charge is 0.443 e. The molecule has 0 spiro atoms. The Bertz CT molecular complexity index is 513. The highest BCUT2D eigenvalue weighted by Gasteiger charge is 2.20. The summed E-state index contributed by atoms with van der Waals surface area (Å²) >= 11 is 0. The van der Waals surface area contributed by atoms with E-state index in [0.717, 1.165) is 24.2 Å². The van der Waals surface area contributed by atoms with Crippen molar-refractivity contribution in [3.8, 4) is 0 Å². The molecule has 0 amide bonds. The third kappa shape index (κ3) is 6.61. The van der Waals surface area contributed by atoms with Gasteiger partial charge < -0.3 is 15.1 Å². The second-order valence-electron chi connectivity index (χ2n) is 7.66. The van der Waals surface area contributed by atoms with Crippen LogP contribution in [0.4, 0.5) is 0 Å². The molecule has 138 valence electrons. The lowest BCUT2D eigenvalue weighted by atomic mass is 9.87. The predicted molar refractivity (Wildman–Crippen MR) is 110 cm³/mol. The molecular formula is C18H33IN4O. The van der Waals surface area contributed by atoms with E-state index in [-0.39, 0.29) is 29.4 Å². The van der Waals surface area contributed by atoms with Crippen LogP contribution in [0.3, 0.4) is 0 Å². The fourth-order valence-electron chi connectivity index (χ4n) is 2.79. The van der Waals surface area contributed by atoms with Gasteiger partial charge in [0.25, 0.3) is 0 Å². The molecule has 1 aromatic heterocycles. The minimum atomic E-state index is -0.0174. The lowest BCUT2D eigenvalue weighted by molar-refractivity contribution is 0.329. The maximum absolute atomic E-state index is 5.81. The molecule has 6 heteroatoms. The number of aliphatic imine (C=N–C) groups is 1. The lowest BCUT2D eigenvalue weighted by Gasteiger charge is -2.28. The van der Waals surface area contributed by atoms with E-state index in [1.54, 1.807) is 0 Å². The number of nitrogens with one attached hydrogen (secondary N) is 2. The number of hydrogen-bond donors (Lipinski definition) is 2. The molecule has 24 heavy (non-hydrogen) atoms. The van der Waals surface area contributed by atoms with Crippen molar-refractivity contribution >= 4 is 29.9 Å². The normalized spacial score (nSPS) is 22.0. The van der Waals surface area contributed by atoms with Crippen molar-refractivity contribution in [1.29, 1.82) is 0 Å². The third-order valence-electron chi connectivity index (χ3n) is 4.37. The van der Waals surface area contributed by atoms with Crippen LogP contribution in [0, 0.1) is 5.92 Å². The quantitative estimate of drug-likeness (QED) is 0.411. The van der Waals surface area contributed by atoms with Gasteiger partial charge in [-0.15, -0.1) is 24.0 Å². The molecule has 0 atom stereocenters. The molecular weight excluding hydrogens is 415 g/mol. The standard InChI is InChI=1S/C18H32N4O.HI/c1-6-19-17(22-14-9-7-13(2)8-10-14)21-12-16-20-11-15(23-16)18(3,4)5;/h11,13-14H,6-10,12H2,1-5H3,(H2,19,21,22);1H. The SMILES string of the molecule is CCNC(=NCc1ncc(C(C)(C)C)o1)NC1CCC(C)CC1.I.